The van der Waals surface area contributed by atoms with E-state index in [0.29, 0.717) is 0 Å². The van der Waals surface area contributed by atoms with Crippen LogP contribution < -0.4 is 0 Å². The molecular formula is C14H17N3. The van der Waals surface area contributed by atoms with Crippen molar-refractivity contribution in [2.75, 3.05) is 13.6 Å². The van der Waals surface area contributed by atoms with E-state index in [2.05, 4.69) is 53.3 Å². The van der Waals surface area contributed by atoms with Gasteiger partial charge < -0.3 is 4.90 Å². The second kappa shape index (κ2) is 4.00. The van der Waals surface area contributed by atoms with Gasteiger partial charge in [0.2, 0.25) is 0 Å². The Morgan fingerprint density at radius 3 is 2.76 bits per heavy atom. The summed E-state index contributed by atoms with van der Waals surface area (Å²) in [6.45, 7) is 4.22. The number of aromatic amines is 1. The van der Waals surface area contributed by atoms with Gasteiger partial charge in [-0.05, 0) is 14.0 Å². The van der Waals surface area contributed by atoms with E-state index in [1.54, 1.807) is 0 Å². The second-order valence-electron chi connectivity index (χ2n) is 4.88. The highest BCUT2D eigenvalue weighted by Gasteiger charge is 2.20. The zero-order valence-electron chi connectivity index (χ0n) is 10.3. The van der Waals surface area contributed by atoms with E-state index in [1.807, 2.05) is 0 Å². The van der Waals surface area contributed by atoms with Crippen molar-refractivity contribution in [2.24, 2.45) is 0 Å². The molecule has 0 saturated carbocycles. The first kappa shape index (κ1) is 10.5. The van der Waals surface area contributed by atoms with Crippen molar-refractivity contribution < 1.29 is 0 Å². The zero-order chi connectivity index (χ0) is 11.8. The van der Waals surface area contributed by atoms with Crippen molar-refractivity contribution in [3.8, 4) is 11.3 Å². The van der Waals surface area contributed by atoms with E-state index in [1.165, 1.54) is 22.4 Å². The number of rotatable bonds is 1. The molecule has 1 aromatic carbocycles. The van der Waals surface area contributed by atoms with Gasteiger partial charge in [-0.15, -0.1) is 0 Å². The first-order valence-electron chi connectivity index (χ1n) is 6.06. The van der Waals surface area contributed by atoms with Gasteiger partial charge in [-0.1, -0.05) is 29.8 Å². The molecule has 3 nitrogen and oxygen atoms in total. The highest BCUT2D eigenvalue weighted by molar-refractivity contribution is 5.64. The van der Waals surface area contributed by atoms with E-state index in [9.17, 15) is 0 Å². The molecule has 0 saturated heterocycles. The van der Waals surface area contributed by atoms with Crippen molar-refractivity contribution in [1.29, 1.82) is 0 Å². The molecule has 2 heterocycles. The molecule has 1 aliphatic heterocycles. The average molecular weight is 227 g/mol. The molecule has 2 aromatic rings. The molecule has 1 aliphatic rings. The summed E-state index contributed by atoms with van der Waals surface area (Å²) in [5.41, 5.74) is 6.28. The molecule has 3 rings (SSSR count). The second-order valence-corrected chi connectivity index (χ2v) is 4.88. The van der Waals surface area contributed by atoms with Crippen molar-refractivity contribution in [3.63, 3.8) is 0 Å². The van der Waals surface area contributed by atoms with E-state index >= 15 is 0 Å². The van der Waals surface area contributed by atoms with Gasteiger partial charge in [-0.25, -0.2) is 0 Å². The highest BCUT2D eigenvalue weighted by atomic mass is 15.2. The van der Waals surface area contributed by atoms with Crippen LogP contribution in [-0.2, 0) is 13.0 Å². The van der Waals surface area contributed by atoms with Gasteiger partial charge in [-0.3, -0.25) is 5.10 Å². The lowest BCUT2D eigenvalue weighted by molar-refractivity contribution is 0.312. The number of hydrogen-bond donors (Lipinski definition) is 1. The third-order valence-electron chi connectivity index (χ3n) is 3.45. The normalized spacial score (nSPS) is 15.9. The molecule has 0 aliphatic carbocycles. The molecule has 1 N–H and O–H groups in total. The standard InChI is InChI=1S/C14H17N3/c1-10-3-5-11(6-4-10)14-12-9-17(2)8-7-13(12)15-16-14/h3-6H,7-9H2,1-2H3,(H,15,16). The smallest absolute Gasteiger partial charge is 0.0968 e. The Labute approximate surface area is 101 Å². The third kappa shape index (κ3) is 1.87. The van der Waals surface area contributed by atoms with Crippen LogP contribution in [0.4, 0.5) is 0 Å². The Kier molecular flexibility index (Phi) is 2.48. The summed E-state index contributed by atoms with van der Waals surface area (Å²) in [4.78, 5) is 2.34. The quantitative estimate of drug-likeness (QED) is 0.811. The molecular weight excluding hydrogens is 210 g/mol. The van der Waals surface area contributed by atoms with Gasteiger partial charge in [0.25, 0.3) is 0 Å². The molecule has 0 unspecified atom stereocenters. The summed E-state index contributed by atoms with van der Waals surface area (Å²) in [5, 5.41) is 7.66. The average Bonchev–Trinajstić information content (AvgIpc) is 2.73. The molecule has 0 fully saturated rings. The number of aryl methyl sites for hydroxylation is 1. The van der Waals surface area contributed by atoms with Crippen LogP contribution in [0.25, 0.3) is 11.3 Å². The van der Waals surface area contributed by atoms with Crippen LogP contribution in [0.5, 0.6) is 0 Å². The Morgan fingerprint density at radius 2 is 2.00 bits per heavy atom. The summed E-state index contributed by atoms with van der Waals surface area (Å²) < 4.78 is 0. The molecule has 0 bridgehead atoms. The number of aromatic nitrogens is 2. The van der Waals surface area contributed by atoms with Crippen LogP contribution >= 0.6 is 0 Å². The Bertz CT molecular complexity index is 525. The van der Waals surface area contributed by atoms with Crippen molar-refractivity contribution in [1.82, 2.24) is 15.1 Å². The summed E-state index contributed by atoms with van der Waals surface area (Å²) >= 11 is 0. The van der Waals surface area contributed by atoms with Crippen LogP contribution in [0.15, 0.2) is 24.3 Å². The van der Waals surface area contributed by atoms with E-state index in [-0.39, 0.29) is 0 Å². The van der Waals surface area contributed by atoms with Crippen molar-refractivity contribution in [2.45, 2.75) is 19.9 Å². The Hall–Kier alpha value is -1.61. The number of fused-ring (bicyclic) bond motifs is 1. The SMILES string of the molecule is Cc1ccc(-c2n[nH]c3c2CN(C)CC3)cc1. The summed E-state index contributed by atoms with van der Waals surface area (Å²) in [6, 6.07) is 8.59. The first-order valence-corrected chi connectivity index (χ1v) is 6.06. The van der Waals surface area contributed by atoms with Crippen LogP contribution in [0.1, 0.15) is 16.8 Å². The molecule has 17 heavy (non-hydrogen) atoms. The fourth-order valence-electron chi connectivity index (χ4n) is 2.38. The number of nitrogens with zero attached hydrogens (tertiary/aromatic N) is 2. The van der Waals surface area contributed by atoms with Gasteiger partial charge in [-0.2, -0.15) is 5.10 Å². The fraction of sp³-hybridized carbons (Fsp3) is 0.357. The Balaban J connectivity index is 2.04. The summed E-state index contributed by atoms with van der Waals surface area (Å²) in [7, 11) is 2.16. The highest BCUT2D eigenvalue weighted by Crippen LogP contribution is 2.27. The number of nitrogens with one attached hydrogen (secondary N) is 1. The van der Waals surface area contributed by atoms with Crippen molar-refractivity contribution in [3.05, 3.63) is 41.1 Å². The summed E-state index contributed by atoms with van der Waals surface area (Å²) in [5.74, 6) is 0. The predicted molar refractivity (Wildman–Crippen MR) is 68.8 cm³/mol. The van der Waals surface area contributed by atoms with Crippen LogP contribution in [-0.4, -0.2) is 28.7 Å². The molecule has 0 amide bonds. The van der Waals surface area contributed by atoms with Gasteiger partial charge in [0.05, 0.1) is 5.69 Å². The van der Waals surface area contributed by atoms with E-state index < -0.39 is 0 Å². The van der Waals surface area contributed by atoms with E-state index in [0.717, 1.165) is 25.2 Å². The lowest BCUT2D eigenvalue weighted by Gasteiger charge is -2.22. The van der Waals surface area contributed by atoms with Crippen LogP contribution in [0, 0.1) is 6.92 Å². The molecule has 1 aromatic heterocycles. The maximum atomic E-state index is 4.48. The van der Waals surface area contributed by atoms with Crippen LogP contribution in [0.2, 0.25) is 0 Å². The van der Waals surface area contributed by atoms with E-state index in [4.69, 9.17) is 0 Å². The number of benzene rings is 1. The maximum absolute atomic E-state index is 4.48. The largest absolute Gasteiger partial charge is 0.302 e. The predicted octanol–water partition coefficient (Wildman–Crippen LogP) is 2.37. The minimum Gasteiger partial charge on any atom is -0.302 e. The topological polar surface area (TPSA) is 31.9 Å². The monoisotopic (exact) mass is 227 g/mol. The van der Waals surface area contributed by atoms with Gasteiger partial charge in [0, 0.05) is 36.3 Å². The molecule has 0 atom stereocenters. The maximum Gasteiger partial charge on any atom is 0.0968 e. The molecule has 0 radical (unpaired) electrons. The first-order chi connectivity index (χ1) is 8.24. The van der Waals surface area contributed by atoms with Gasteiger partial charge in [0.1, 0.15) is 0 Å². The Morgan fingerprint density at radius 1 is 1.24 bits per heavy atom. The molecule has 3 heteroatoms. The van der Waals surface area contributed by atoms with Crippen LogP contribution in [0.3, 0.4) is 0 Å². The lowest BCUT2D eigenvalue weighted by atomic mass is 10.0. The minimum atomic E-state index is 0.995. The minimum absolute atomic E-state index is 0.995. The summed E-state index contributed by atoms with van der Waals surface area (Å²) in [6.07, 6.45) is 1.07. The van der Waals surface area contributed by atoms with Gasteiger partial charge in [0.15, 0.2) is 0 Å². The number of likely N-dealkylation sites (N-methyl/N-ethyl adjacent to an activating group) is 1. The molecule has 0 spiro atoms. The number of H-pyrrole nitrogens is 1. The fourth-order valence-corrected chi connectivity index (χ4v) is 2.38. The lowest BCUT2D eigenvalue weighted by Crippen LogP contribution is -2.26. The van der Waals surface area contributed by atoms with Gasteiger partial charge >= 0.3 is 0 Å². The zero-order valence-corrected chi connectivity index (χ0v) is 10.3. The van der Waals surface area contributed by atoms with Crippen molar-refractivity contribution >= 4 is 0 Å². The molecule has 88 valence electrons. The number of hydrogen-bond acceptors (Lipinski definition) is 2. The third-order valence-corrected chi connectivity index (χ3v) is 3.45.